The van der Waals surface area contributed by atoms with Gasteiger partial charge in [-0.25, -0.2) is 0 Å². The highest BCUT2D eigenvalue weighted by Gasteiger charge is 2.45. The minimum absolute atomic E-state index is 0.324. The fourth-order valence-corrected chi connectivity index (χ4v) is 0.903. The van der Waals surface area contributed by atoms with Crippen molar-refractivity contribution in [2.45, 2.75) is 12.5 Å². The summed E-state index contributed by atoms with van der Waals surface area (Å²) in [6.45, 7) is 2.54. The standard InChI is InChI=1S/C7H8N2O3/c1-7(3-11-7)5-2-6(8-4-10)9-12-5/h2,4H,3H2,1H3,(H,8,9,10). The van der Waals surface area contributed by atoms with Gasteiger partial charge in [0.1, 0.15) is 5.60 Å². The third-order valence-electron chi connectivity index (χ3n) is 1.82. The second-order valence-electron chi connectivity index (χ2n) is 2.86. The van der Waals surface area contributed by atoms with Crippen LogP contribution in [0.25, 0.3) is 0 Å². The summed E-state index contributed by atoms with van der Waals surface area (Å²) in [7, 11) is 0. The second kappa shape index (κ2) is 2.31. The number of ether oxygens (including phenoxy) is 1. The Kier molecular flexibility index (Phi) is 1.41. The van der Waals surface area contributed by atoms with Crippen LogP contribution in [0.4, 0.5) is 5.82 Å². The molecule has 0 saturated carbocycles. The summed E-state index contributed by atoms with van der Waals surface area (Å²) in [5, 5.41) is 6.00. The molecule has 2 rings (SSSR count). The van der Waals surface area contributed by atoms with Crippen molar-refractivity contribution < 1.29 is 14.1 Å². The third-order valence-corrected chi connectivity index (χ3v) is 1.82. The predicted octanol–water partition coefficient (Wildman–Crippen LogP) is 0.488. The number of amides is 1. The van der Waals surface area contributed by atoms with Gasteiger partial charge in [0.15, 0.2) is 11.6 Å². The Labute approximate surface area is 68.7 Å². The van der Waals surface area contributed by atoms with Gasteiger partial charge in [-0.1, -0.05) is 5.16 Å². The van der Waals surface area contributed by atoms with E-state index in [1.807, 2.05) is 6.92 Å². The van der Waals surface area contributed by atoms with E-state index in [-0.39, 0.29) is 5.60 Å². The van der Waals surface area contributed by atoms with Crippen LogP contribution in [0.2, 0.25) is 0 Å². The number of anilines is 1. The zero-order valence-electron chi connectivity index (χ0n) is 6.53. The van der Waals surface area contributed by atoms with Crippen LogP contribution >= 0.6 is 0 Å². The smallest absolute Gasteiger partial charge is 0.212 e. The molecule has 0 spiro atoms. The molecule has 1 aromatic heterocycles. The average molecular weight is 168 g/mol. The molecule has 1 saturated heterocycles. The van der Waals surface area contributed by atoms with E-state index < -0.39 is 0 Å². The SMILES string of the molecule is CC1(c2cc(NC=O)no2)CO1. The van der Waals surface area contributed by atoms with Gasteiger partial charge in [0.05, 0.1) is 6.61 Å². The predicted molar refractivity (Wildman–Crippen MR) is 39.5 cm³/mol. The monoisotopic (exact) mass is 168 g/mol. The lowest BCUT2D eigenvalue weighted by atomic mass is 10.1. The molecular formula is C7H8N2O3. The molecule has 5 nitrogen and oxygen atoms in total. The summed E-state index contributed by atoms with van der Waals surface area (Å²) >= 11 is 0. The molecule has 0 radical (unpaired) electrons. The fraction of sp³-hybridized carbons (Fsp3) is 0.429. The first-order valence-electron chi connectivity index (χ1n) is 3.56. The van der Waals surface area contributed by atoms with Crippen molar-refractivity contribution in [3.05, 3.63) is 11.8 Å². The van der Waals surface area contributed by atoms with Crippen molar-refractivity contribution in [2.24, 2.45) is 0 Å². The highest BCUT2D eigenvalue weighted by atomic mass is 16.6. The molecular weight excluding hydrogens is 160 g/mol. The first-order chi connectivity index (χ1) is 5.74. The molecule has 2 heterocycles. The quantitative estimate of drug-likeness (QED) is 0.526. The number of nitrogens with one attached hydrogen (secondary N) is 1. The van der Waals surface area contributed by atoms with Crippen molar-refractivity contribution >= 4 is 12.2 Å². The summed E-state index contributed by atoms with van der Waals surface area (Å²) in [4.78, 5) is 10.0. The first-order valence-corrected chi connectivity index (χ1v) is 3.56. The summed E-state index contributed by atoms with van der Waals surface area (Å²) in [6.07, 6.45) is 0.553. The largest absolute Gasteiger partial charge is 0.361 e. The van der Waals surface area contributed by atoms with Gasteiger partial charge >= 0.3 is 0 Å². The van der Waals surface area contributed by atoms with E-state index in [9.17, 15) is 4.79 Å². The molecule has 0 aromatic carbocycles. The molecule has 1 fully saturated rings. The number of carbonyl (C=O) groups excluding carboxylic acids is 1. The van der Waals surface area contributed by atoms with E-state index in [1.165, 1.54) is 0 Å². The van der Waals surface area contributed by atoms with Crippen molar-refractivity contribution in [3.63, 3.8) is 0 Å². The Morgan fingerprint density at radius 3 is 3.17 bits per heavy atom. The Hall–Kier alpha value is -1.36. The average Bonchev–Trinajstić information content (AvgIpc) is 2.64. The second-order valence-corrected chi connectivity index (χ2v) is 2.86. The molecule has 1 aliphatic rings. The Morgan fingerprint density at radius 2 is 2.58 bits per heavy atom. The van der Waals surface area contributed by atoms with Crippen molar-refractivity contribution in [1.29, 1.82) is 0 Å². The van der Waals surface area contributed by atoms with Gasteiger partial charge < -0.3 is 14.6 Å². The lowest BCUT2D eigenvalue weighted by Crippen LogP contribution is -1.99. The molecule has 1 aromatic rings. The summed E-state index contributed by atoms with van der Waals surface area (Å²) in [6, 6.07) is 1.65. The molecule has 12 heavy (non-hydrogen) atoms. The number of hydrogen-bond donors (Lipinski definition) is 1. The van der Waals surface area contributed by atoms with E-state index in [1.54, 1.807) is 6.07 Å². The van der Waals surface area contributed by atoms with E-state index in [2.05, 4.69) is 10.5 Å². The first kappa shape index (κ1) is 7.30. The number of nitrogens with zero attached hydrogens (tertiary/aromatic N) is 1. The summed E-state index contributed by atoms with van der Waals surface area (Å²) < 4.78 is 10.1. The zero-order valence-corrected chi connectivity index (χ0v) is 6.53. The molecule has 64 valence electrons. The van der Waals surface area contributed by atoms with E-state index in [0.717, 1.165) is 0 Å². The highest BCUT2D eigenvalue weighted by Crippen LogP contribution is 2.38. The van der Waals surface area contributed by atoms with Crippen LogP contribution in [-0.4, -0.2) is 18.2 Å². The minimum Gasteiger partial charge on any atom is -0.361 e. The molecule has 1 atom stereocenters. The molecule has 1 amide bonds. The number of rotatable bonds is 3. The molecule has 1 N–H and O–H groups in total. The molecule has 0 aliphatic carbocycles. The summed E-state index contributed by atoms with van der Waals surface area (Å²) in [5.41, 5.74) is -0.324. The van der Waals surface area contributed by atoms with Gasteiger partial charge in [0.25, 0.3) is 0 Å². The molecule has 5 heteroatoms. The van der Waals surface area contributed by atoms with Crippen LogP contribution in [0.3, 0.4) is 0 Å². The lowest BCUT2D eigenvalue weighted by Gasteiger charge is -1.94. The topological polar surface area (TPSA) is 67.7 Å². The van der Waals surface area contributed by atoms with Crippen molar-refractivity contribution in [3.8, 4) is 0 Å². The van der Waals surface area contributed by atoms with E-state index in [0.29, 0.717) is 24.6 Å². The zero-order chi connectivity index (χ0) is 8.60. The fourth-order valence-electron chi connectivity index (χ4n) is 0.903. The maximum absolute atomic E-state index is 10.0. The van der Waals surface area contributed by atoms with Gasteiger partial charge in [-0.05, 0) is 6.92 Å². The number of epoxide rings is 1. The van der Waals surface area contributed by atoms with Gasteiger partial charge in [-0.15, -0.1) is 0 Å². The Morgan fingerprint density at radius 1 is 1.83 bits per heavy atom. The van der Waals surface area contributed by atoms with E-state index in [4.69, 9.17) is 9.26 Å². The highest BCUT2D eigenvalue weighted by molar-refractivity contribution is 5.68. The van der Waals surface area contributed by atoms with Crippen LogP contribution in [0.1, 0.15) is 12.7 Å². The molecule has 0 bridgehead atoms. The van der Waals surface area contributed by atoms with Crippen LogP contribution < -0.4 is 5.32 Å². The number of carbonyl (C=O) groups is 1. The van der Waals surface area contributed by atoms with Gasteiger partial charge in [-0.2, -0.15) is 0 Å². The van der Waals surface area contributed by atoms with Gasteiger partial charge in [0, 0.05) is 6.07 Å². The molecule has 1 unspecified atom stereocenters. The van der Waals surface area contributed by atoms with Crippen molar-refractivity contribution in [1.82, 2.24) is 5.16 Å². The normalized spacial score (nSPS) is 26.8. The van der Waals surface area contributed by atoms with Crippen LogP contribution in [0.5, 0.6) is 0 Å². The number of aromatic nitrogens is 1. The van der Waals surface area contributed by atoms with Crippen LogP contribution in [-0.2, 0) is 15.1 Å². The molecule has 1 aliphatic heterocycles. The number of hydrogen-bond acceptors (Lipinski definition) is 4. The Balaban J connectivity index is 2.18. The summed E-state index contributed by atoms with van der Waals surface area (Å²) in [5.74, 6) is 1.06. The minimum atomic E-state index is -0.324. The maximum atomic E-state index is 10.0. The van der Waals surface area contributed by atoms with Crippen LogP contribution in [0, 0.1) is 0 Å². The maximum Gasteiger partial charge on any atom is 0.212 e. The van der Waals surface area contributed by atoms with E-state index >= 15 is 0 Å². The van der Waals surface area contributed by atoms with Crippen LogP contribution in [0.15, 0.2) is 10.6 Å². The third kappa shape index (κ3) is 1.08. The van der Waals surface area contributed by atoms with Gasteiger partial charge in [0.2, 0.25) is 6.41 Å². The lowest BCUT2D eigenvalue weighted by molar-refractivity contribution is -0.105. The Bertz CT molecular complexity index is 303. The van der Waals surface area contributed by atoms with Crippen molar-refractivity contribution in [2.75, 3.05) is 11.9 Å². The van der Waals surface area contributed by atoms with Gasteiger partial charge in [-0.3, -0.25) is 4.79 Å².